The van der Waals surface area contributed by atoms with Crippen molar-refractivity contribution in [2.24, 2.45) is 11.8 Å². The Hall–Kier alpha value is -0.790. The molecule has 0 amide bonds. The fourth-order valence-corrected chi connectivity index (χ4v) is 2.32. The van der Waals surface area contributed by atoms with Crippen LogP contribution in [0.2, 0.25) is 0 Å². The monoisotopic (exact) mass is 210 g/mol. The van der Waals surface area contributed by atoms with Gasteiger partial charge in [-0.05, 0) is 37.5 Å². The van der Waals surface area contributed by atoms with E-state index in [0.29, 0.717) is 5.92 Å². The number of allylic oxidation sites excluding steroid dienone is 1. The third-order valence-electron chi connectivity index (χ3n) is 3.19. The highest BCUT2D eigenvalue weighted by Crippen LogP contribution is 2.33. The molecule has 1 N–H and O–H groups in total. The molecule has 2 heteroatoms. The van der Waals surface area contributed by atoms with Gasteiger partial charge in [-0.15, -0.1) is 0 Å². The molecule has 15 heavy (non-hydrogen) atoms. The Labute approximate surface area is 92.4 Å². The predicted molar refractivity (Wildman–Crippen MR) is 61.7 cm³/mol. The van der Waals surface area contributed by atoms with E-state index in [1.54, 1.807) is 0 Å². The number of hydrogen-bond acceptors (Lipinski definition) is 1. The number of hydrogen-bond donors (Lipinski definition) is 1. The second-order valence-electron chi connectivity index (χ2n) is 4.97. The number of carboxylic acid groups (broad SMARTS) is 1. The molecule has 1 aliphatic carbocycles. The summed E-state index contributed by atoms with van der Waals surface area (Å²) in [6, 6.07) is 0. The zero-order valence-electron chi connectivity index (χ0n) is 9.83. The van der Waals surface area contributed by atoms with E-state index in [2.05, 4.69) is 13.8 Å². The van der Waals surface area contributed by atoms with Crippen molar-refractivity contribution in [3.63, 3.8) is 0 Å². The second kappa shape index (κ2) is 5.94. The van der Waals surface area contributed by atoms with Crippen LogP contribution in [-0.4, -0.2) is 11.1 Å². The number of aliphatic carboxylic acids is 1. The predicted octanol–water partition coefficient (Wildman–Crippen LogP) is 3.62. The Morgan fingerprint density at radius 3 is 2.87 bits per heavy atom. The summed E-state index contributed by atoms with van der Waals surface area (Å²) in [5.74, 6) is 0.483. The molecule has 0 aliphatic heterocycles. The van der Waals surface area contributed by atoms with Crippen molar-refractivity contribution in [3.05, 3.63) is 11.6 Å². The Morgan fingerprint density at radius 1 is 1.53 bits per heavy atom. The van der Waals surface area contributed by atoms with Crippen LogP contribution in [-0.2, 0) is 4.79 Å². The number of carboxylic acids is 1. The Bertz CT molecular complexity index is 241. The van der Waals surface area contributed by atoms with Crippen LogP contribution in [0.25, 0.3) is 0 Å². The molecule has 1 saturated carbocycles. The molecule has 0 aromatic heterocycles. The summed E-state index contributed by atoms with van der Waals surface area (Å²) in [6.45, 7) is 4.45. The van der Waals surface area contributed by atoms with E-state index in [-0.39, 0.29) is 0 Å². The van der Waals surface area contributed by atoms with Gasteiger partial charge in [0.1, 0.15) is 0 Å². The minimum absolute atomic E-state index is 0.539. The molecule has 0 heterocycles. The summed E-state index contributed by atoms with van der Waals surface area (Å²) in [4.78, 5) is 10.7. The van der Waals surface area contributed by atoms with Crippen molar-refractivity contribution in [1.29, 1.82) is 0 Å². The van der Waals surface area contributed by atoms with Crippen LogP contribution in [0.3, 0.4) is 0 Å². The van der Waals surface area contributed by atoms with E-state index < -0.39 is 5.97 Å². The zero-order chi connectivity index (χ0) is 11.3. The molecule has 86 valence electrons. The standard InChI is InChI=1S/C13H22O2/c1-10(2)7-8-11-5-3-4-6-12(11)9-13(14)15/h9-11H,3-8H2,1-2H3,(H,14,15)/b12-9+. The zero-order valence-corrected chi connectivity index (χ0v) is 9.83. The van der Waals surface area contributed by atoms with Gasteiger partial charge in [-0.2, -0.15) is 0 Å². The molecule has 0 aromatic rings. The summed E-state index contributed by atoms with van der Waals surface area (Å²) in [5.41, 5.74) is 1.18. The Kier molecular flexibility index (Phi) is 4.86. The maximum Gasteiger partial charge on any atom is 0.328 e. The molecule has 0 saturated heterocycles. The fourth-order valence-electron chi connectivity index (χ4n) is 2.32. The molecule has 0 spiro atoms. The molecule has 1 unspecified atom stereocenters. The van der Waals surface area contributed by atoms with Crippen molar-refractivity contribution in [3.8, 4) is 0 Å². The average Bonchev–Trinajstić information content (AvgIpc) is 2.15. The molecule has 2 nitrogen and oxygen atoms in total. The molecular formula is C13H22O2. The van der Waals surface area contributed by atoms with E-state index >= 15 is 0 Å². The highest BCUT2D eigenvalue weighted by atomic mass is 16.4. The van der Waals surface area contributed by atoms with Crippen molar-refractivity contribution in [1.82, 2.24) is 0 Å². The van der Waals surface area contributed by atoms with E-state index in [0.717, 1.165) is 25.2 Å². The summed E-state index contributed by atoms with van der Waals surface area (Å²) < 4.78 is 0. The van der Waals surface area contributed by atoms with Gasteiger partial charge in [0, 0.05) is 6.08 Å². The first-order valence-electron chi connectivity index (χ1n) is 6.03. The second-order valence-corrected chi connectivity index (χ2v) is 4.97. The summed E-state index contributed by atoms with van der Waals surface area (Å²) in [5, 5.41) is 8.78. The normalized spacial score (nSPS) is 24.7. The lowest BCUT2D eigenvalue weighted by atomic mass is 9.80. The van der Waals surface area contributed by atoms with Gasteiger partial charge in [0.2, 0.25) is 0 Å². The van der Waals surface area contributed by atoms with Crippen LogP contribution in [0.4, 0.5) is 0 Å². The van der Waals surface area contributed by atoms with Crippen LogP contribution < -0.4 is 0 Å². The van der Waals surface area contributed by atoms with Crippen LogP contribution in [0.1, 0.15) is 52.4 Å². The van der Waals surface area contributed by atoms with Gasteiger partial charge in [0.15, 0.2) is 0 Å². The maximum atomic E-state index is 10.7. The molecule has 1 fully saturated rings. The van der Waals surface area contributed by atoms with Gasteiger partial charge in [0.25, 0.3) is 0 Å². The van der Waals surface area contributed by atoms with Gasteiger partial charge >= 0.3 is 5.97 Å². The smallest absolute Gasteiger partial charge is 0.328 e. The molecule has 1 rings (SSSR count). The molecule has 1 atom stereocenters. The number of carbonyl (C=O) groups is 1. The van der Waals surface area contributed by atoms with Gasteiger partial charge in [-0.25, -0.2) is 4.79 Å². The van der Waals surface area contributed by atoms with Gasteiger partial charge in [0.05, 0.1) is 0 Å². The lowest BCUT2D eigenvalue weighted by Gasteiger charge is -2.25. The highest BCUT2D eigenvalue weighted by molar-refractivity contribution is 5.80. The molecule has 0 bridgehead atoms. The van der Waals surface area contributed by atoms with Crippen LogP contribution in [0.15, 0.2) is 11.6 Å². The van der Waals surface area contributed by atoms with Crippen molar-refractivity contribution in [2.45, 2.75) is 52.4 Å². The molecule has 0 radical (unpaired) electrons. The van der Waals surface area contributed by atoms with Crippen LogP contribution in [0, 0.1) is 11.8 Å². The number of rotatable bonds is 4. The SMILES string of the molecule is CC(C)CCC1CCCC/C1=C\C(=O)O. The summed E-state index contributed by atoms with van der Waals surface area (Å²) in [6.07, 6.45) is 8.43. The van der Waals surface area contributed by atoms with E-state index in [9.17, 15) is 4.79 Å². The van der Waals surface area contributed by atoms with Crippen molar-refractivity contribution in [2.75, 3.05) is 0 Å². The molecule has 0 aromatic carbocycles. The topological polar surface area (TPSA) is 37.3 Å². The molecule has 1 aliphatic rings. The van der Waals surface area contributed by atoms with Crippen LogP contribution in [0.5, 0.6) is 0 Å². The first kappa shape index (κ1) is 12.3. The fraction of sp³-hybridized carbons (Fsp3) is 0.769. The van der Waals surface area contributed by atoms with Crippen molar-refractivity contribution < 1.29 is 9.90 Å². The minimum atomic E-state index is -0.776. The van der Waals surface area contributed by atoms with Gasteiger partial charge in [-0.3, -0.25) is 0 Å². The third kappa shape index (κ3) is 4.50. The largest absolute Gasteiger partial charge is 0.478 e. The van der Waals surface area contributed by atoms with Gasteiger partial charge < -0.3 is 5.11 Å². The van der Waals surface area contributed by atoms with E-state index in [1.807, 2.05) is 0 Å². The van der Waals surface area contributed by atoms with Crippen LogP contribution >= 0.6 is 0 Å². The summed E-state index contributed by atoms with van der Waals surface area (Å²) in [7, 11) is 0. The first-order valence-corrected chi connectivity index (χ1v) is 6.03. The Morgan fingerprint density at radius 2 is 2.27 bits per heavy atom. The third-order valence-corrected chi connectivity index (χ3v) is 3.19. The van der Waals surface area contributed by atoms with Crippen molar-refractivity contribution >= 4 is 5.97 Å². The summed E-state index contributed by atoms with van der Waals surface area (Å²) >= 11 is 0. The van der Waals surface area contributed by atoms with Gasteiger partial charge in [-0.1, -0.05) is 32.3 Å². The Balaban J connectivity index is 2.54. The molecular weight excluding hydrogens is 188 g/mol. The first-order chi connectivity index (χ1) is 7.09. The quantitative estimate of drug-likeness (QED) is 0.719. The average molecular weight is 210 g/mol. The highest BCUT2D eigenvalue weighted by Gasteiger charge is 2.19. The lowest BCUT2D eigenvalue weighted by molar-refractivity contribution is -0.131. The lowest BCUT2D eigenvalue weighted by Crippen LogP contribution is -2.12. The maximum absolute atomic E-state index is 10.7. The minimum Gasteiger partial charge on any atom is -0.478 e. The van der Waals surface area contributed by atoms with E-state index in [1.165, 1.54) is 30.9 Å². The van der Waals surface area contributed by atoms with E-state index in [4.69, 9.17) is 5.11 Å².